The van der Waals surface area contributed by atoms with Gasteiger partial charge in [0, 0.05) is 17.2 Å². The number of ketones is 1. The molecular weight excluding hydrogens is 323 g/mol. The van der Waals surface area contributed by atoms with Crippen molar-refractivity contribution in [3.8, 4) is 0 Å². The Kier molecular flexibility index (Phi) is 5.79. The zero-order valence-electron chi connectivity index (χ0n) is 13.2. The number of alkyl halides is 3. The van der Waals surface area contributed by atoms with E-state index < -0.39 is 11.7 Å². The number of carbonyl (C=O) groups is 1. The molecule has 0 saturated carbocycles. The molecule has 0 aromatic heterocycles. The zero-order chi connectivity index (χ0) is 17.0. The lowest BCUT2D eigenvalue weighted by Crippen LogP contribution is -2.13. The van der Waals surface area contributed by atoms with E-state index in [0.717, 1.165) is 23.6 Å². The van der Waals surface area contributed by atoms with Crippen molar-refractivity contribution < 1.29 is 18.0 Å². The summed E-state index contributed by atoms with van der Waals surface area (Å²) in [6, 6.07) is 5.03. The third kappa shape index (κ3) is 4.10. The fraction of sp³-hybridized carbons (Fsp3) is 0.471. The number of benzene rings is 1. The van der Waals surface area contributed by atoms with Gasteiger partial charge in [-0.3, -0.25) is 4.79 Å². The number of hydrogen-bond donors (Lipinski definition) is 1. The fourth-order valence-electron chi connectivity index (χ4n) is 2.69. The molecule has 0 amide bonds. The summed E-state index contributed by atoms with van der Waals surface area (Å²) in [5.74, 6) is 1.38. The number of thioether (sulfide) groups is 1. The maximum atomic E-state index is 12.9. The molecule has 0 aliphatic heterocycles. The van der Waals surface area contributed by atoms with Crippen molar-refractivity contribution in [2.24, 2.45) is 5.92 Å². The standard InChI is InChI=1S/C17H20F3NOS/c1-3-11-9-14(21-10-23-4-2)15(16(11)22)12-6-5-7-13(8-12)17(18,19)20/h5-8,11,21H,3-4,9-10H2,1-2H3. The second-order valence-electron chi connectivity index (χ2n) is 5.42. The van der Waals surface area contributed by atoms with Gasteiger partial charge < -0.3 is 5.32 Å². The van der Waals surface area contributed by atoms with Gasteiger partial charge in [0.05, 0.1) is 11.4 Å². The molecule has 2 rings (SSSR count). The lowest BCUT2D eigenvalue weighted by atomic mass is 9.96. The normalized spacial score (nSPS) is 18.7. The average molecular weight is 343 g/mol. The average Bonchev–Trinajstić information content (AvgIpc) is 2.83. The van der Waals surface area contributed by atoms with Gasteiger partial charge in [-0.1, -0.05) is 26.0 Å². The molecule has 1 aromatic rings. The molecule has 0 heterocycles. The maximum Gasteiger partial charge on any atom is 0.416 e. The van der Waals surface area contributed by atoms with E-state index in [-0.39, 0.29) is 11.7 Å². The maximum absolute atomic E-state index is 12.9. The predicted octanol–water partition coefficient (Wildman–Crippen LogP) is 4.72. The van der Waals surface area contributed by atoms with Crippen LogP contribution in [0.5, 0.6) is 0 Å². The molecular formula is C17H20F3NOS. The van der Waals surface area contributed by atoms with Crippen molar-refractivity contribution in [1.82, 2.24) is 5.32 Å². The van der Waals surface area contributed by atoms with Crippen LogP contribution in [0, 0.1) is 5.92 Å². The van der Waals surface area contributed by atoms with Crippen molar-refractivity contribution in [2.45, 2.75) is 32.9 Å². The van der Waals surface area contributed by atoms with Crippen LogP contribution in [0.3, 0.4) is 0 Å². The minimum absolute atomic E-state index is 0.0594. The van der Waals surface area contributed by atoms with Gasteiger partial charge >= 0.3 is 6.18 Å². The van der Waals surface area contributed by atoms with Crippen molar-refractivity contribution in [3.63, 3.8) is 0 Å². The Morgan fingerprint density at radius 3 is 2.65 bits per heavy atom. The molecule has 0 bridgehead atoms. The van der Waals surface area contributed by atoms with Gasteiger partial charge in [0.2, 0.25) is 0 Å². The summed E-state index contributed by atoms with van der Waals surface area (Å²) < 4.78 is 38.8. The quantitative estimate of drug-likeness (QED) is 0.599. The number of halogens is 3. The molecule has 1 N–H and O–H groups in total. The number of allylic oxidation sites excluding steroid dienone is 2. The van der Waals surface area contributed by atoms with Crippen LogP contribution in [-0.4, -0.2) is 17.4 Å². The topological polar surface area (TPSA) is 29.1 Å². The highest BCUT2D eigenvalue weighted by Crippen LogP contribution is 2.37. The Morgan fingerprint density at radius 1 is 1.30 bits per heavy atom. The van der Waals surface area contributed by atoms with Gasteiger partial charge in [-0.25, -0.2) is 0 Å². The van der Waals surface area contributed by atoms with Gasteiger partial charge in [-0.05, 0) is 36.3 Å². The smallest absolute Gasteiger partial charge is 0.379 e. The number of nitrogens with one attached hydrogen (secondary N) is 1. The van der Waals surface area contributed by atoms with Crippen molar-refractivity contribution in [2.75, 3.05) is 11.6 Å². The first-order valence-corrected chi connectivity index (χ1v) is 8.80. The summed E-state index contributed by atoms with van der Waals surface area (Å²) in [7, 11) is 0. The highest BCUT2D eigenvalue weighted by molar-refractivity contribution is 7.99. The minimum Gasteiger partial charge on any atom is -0.379 e. The molecule has 1 aliphatic carbocycles. The Morgan fingerprint density at radius 2 is 2.04 bits per heavy atom. The second-order valence-corrected chi connectivity index (χ2v) is 6.69. The van der Waals surface area contributed by atoms with Crippen LogP contribution >= 0.6 is 11.8 Å². The molecule has 0 fully saturated rings. The van der Waals surface area contributed by atoms with E-state index >= 15 is 0 Å². The summed E-state index contributed by atoms with van der Waals surface area (Å²) in [4.78, 5) is 12.6. The first-order valence-electron chi connectivity index (χ1n) is 7.65. The van der Waals surface area contributed by atoms with Gasteiger partial charge in [0.25, 0.3) is 0 Å². The monoisotopic (exact) mass is 343 g/mol. The van der Waals surface area contributed by atoms with Crippen LogP contribution in [0.2, 0.25) is 0 Å². The van der Waals surface area contributed by atoms with Crippen LogP contribution < -0.4 is 5.32 Å². The van der Waals surface area contributed by atoms with E-state index in [1.54, 1.807) is 17.8 Å². The summed E-state index contributed by atoms with van der Waals surface area (Å²) in [6.45, 7) is 3.96. The Hall–Kier alpha value is -1.43. The van der Waals surface area contributed by atoms with Crippen LogP contribution in [0.1, 0.15) is 37.8 Å². The van der Waals surface area contributed by atoms with E-state index in [9.17, 15) is 18.0 Å². The number of rotatable bonds is 6. The Bertz CT molecular complexity index is 610. The Balaban J connectivity index is 2.38. The summed E-state index contributed by atoms with van der Waals surface area (Å²) >= 11 is 1.67. The van der Waals surface area contributed by atoms with Crippen molar-refractivity contribution >= 4 is 23.1 Å². The first-order chi connectivity index (χ1) is 10.9. The van der Waals surface area contributed by atoms with Gasteiger partial charge in [0.15, 0.2) is 5.78 Å². The Labute approximate surface area is 138 Å². The van der Waals surface area contributed by atoms with E-state index in [0.29, 0.717) is 29.9 Å². The molecule has 126 valence electrons. The molecule has 23 heavy (non-hydrogen) atoms. The SMILES string of the molecule is CCSCNC1=C(c2cccc(C(F)(F)F)c2)C(=O)C(CC)C1. The largest absolute Gasteiger partial charge is 0.416 e. The highest BCUT2D eigenvalue weighted by atomic mass is 32.2. The molecule has 1 unspecified atom stereocenters. The first kappa shape index (κ1) is 17.9. The third-order valence-corrected chi connectivity index (χ3v) is 4.69. The lowest BCUT2D eigenvalue weighted by Gasteiger charge is -2.12. The zero-order valence-corrected chi connectivity index (χ0v) is 14.0. The van der Waals surface area contributed by atoms with Crippen LogP contribution in [-0.2, 0) is 11.0 Å². The van der Waals surface area contributed by atoms with Crippen LogP contribution in [0.25, 0.3) is 5.57 Å². The van der Waals surface area contributed by atoms with E-state index in [1.165, 1.54) is 6.07 Å². The predicted molar refractivity (Wildman–Crippen MR) is 87.9 cm³/mol. The van der Waals surface area contributed by atoms with Crippen molar-refractivity contribution in [3.05, 3.63) is 41.1 Å². The number of carbonyl (C=O) groups excluding carboxylic acids is 1. The highest BCUT2D eigenvalue weighted by Gasteiger charge is 2.35. The minimum atomic E-state index is -4.41. The summed E-state index contributed by atoms with van der Waals surface area (Å²) in [5, 5.41) is 3.22. The van der Waals surface area contributed by atoms with E-state index in [4.69, 9.17) is 0 Å². The molecule has 1 atom stereocenters. The van der Waals surface area contributed by atoms with E-state index in [1.807, 2.05) is 13.8 Å². The number of Topliss-reactive ketones (excluding diaryl/α,β-unsaturated/α-hetero) is 1. The molecule has 2 nitrogen and oxygen atoms in total. The molecule has 0 radical (unpaired) electrons. The molecule has 1 aromatic carbocycles. The lowest BCUT2D eigenvalue weighted by molar-refractivity contribution is -0.137. The molecule has 6 heteroatoms. The molecule has 1 aliphatic rings. The third-order valence-electron chi connectivity index (χ3n) is 3.93. The van der Waals surface area contributed by atoms with E-state index in [2.05, 4.69) is 5.32 Å². The summed E-state index contributed by atoms with van der Waals surface area (Å²) in [5.41, 5.74) is 0.809. The summed E-state index contributed by atoms with van der Waals surface area (Å²) in [6.07, 6.45) is -3.15. The van der Waals surface area contributed by atoms with Gasteiger partial charge in [-0.2, -0.15) is 13.2 Å². The van der Waals surface area contributed by atoms with Crippen molar-refractivity contribution in [1.29, 1.82) is 0 Å². The van der Waals surface area contributed by atoms with Gasteiger partial charge in [0.1, 0.15) is 0 Å². The molecule has 0 saturated heterocycles. The van der Waals surface area contributed by atoms with Gasteiger partial charge in [-0.15, -0.1) is 11.8 Å². The fourth-order valence-corrected chi connectivity index (χ4v) is 3.17. The second kappa shape index (κ2) is 7.43. The van der Waals surface area contributed by atoms with Crippen LogP contribution in [0.4, 0.5) is 13.2 Å². The number of hydrogen-bond acceptors (Lipinski definition) is 3. The van der Waals surface area contributed by atoms with Crippen LogP contribution in [0.15, 0.2) is 30.0 Å². The molecule has 0 spiro atoms.